The fourth-order valence-electron chi connectivity index (χ4n) is 4.55. The average molecular weight is 459 g/mol. The van der Waals surface area contributed by atoms with Crippen LogP contribution in [0.4, 0.5) is 5.82 Å². The Labute approximate surface area is 196 Å². The SMILES string of the molecule is Cc1cc(C)c2c(N(C(=O)c3ccc(-c4nnc(C)s4)nc3)C3CCCNC3)nccc2c1. The van der Waals surface area contributed by atoms with Gasteiger partial charge in [-0.15, -0.1) is 10.2 Å². The Kier molecular flexibility index (Phi) is 5.86. The van der Waals surface area contributed by atoms with Gasteiger partial charge in [0, 0.05) is 24.3 Å². The van der Waals surface area contributed by atoms with E-state index in [0.29, 0.717) is 11.4 Å². The molecular formula is C25H26N6OS. The molecule has 1 amide bonds. The van der Waals surface area contributed by atoms with Crippen molar-refractivity contribution in [2.24, 2.45) is 0 Å². The summed E-state index contributed by atoms with van der Waals surface area (Å²) in [5.74, 6) is 0.628. The lowest BCUT2D eigenvalue weighted by Gasteiger charge is -2.35. The Morgan fingerprint density at radius 1 is 1.12 bits per heavy atom. The van der Waals surface area contributed by atoms with E-state index in [-0.39, 0.29) is 11.9 Å². The number of hydrogen-bond donors (Lipinski definition) is 1. The summed E-state index contributed by atoms with van der Waals surface area (Å²) in [5.41, 5.74) is 3.57. The number of amides is 1. The molecule has 3 aromatic heterocycles. The van der Waals surface area contributed by atoms with Crippen molar-refractivity contribution in [3.8, 4) is 10.7 Å². The molecule has 0 spiro atoms. The van der Waals surface area contributed by atoms with Gasteiger partial charge in [0.15, 0.2) is 5.01 Å². The van der Waals surface area contributed by atoms with Gasteiger partial charge in [-0.1, -0.05) is 29.0 Å². The van der Waals surface area contributed by atoms with Crippen molar-refractivity contribution in [3.63, 3.8) is 0 Å². The first-order valence-electron chi connectivity index (χ1n) is 11.2. The Bertz CT molecular complexity index is 1310. The molecular weight excluding hydrogens is 432 g/mol. The maximum atomic E-state index is 13.9. The lowest BCUT2D eigenvalue weighted by molar-refractivity contribution is 0.0971. The van der Waals surface area contributed by atoms with Crippen LogP contribution in [-0.4, -0.2) is 45.2 Å². The molecule has 1 unspecified atom stereocenters. The van der Waals surface area contributed by atoms with E-state index in [1.165, 1.54) is 16.9 Å². The minimum atomic E-state index is -0.0869. The normalized spacial score (nSPS) is 16.2. The maximum Gasteiger partial charge on any atom is 0.261 e. The molecule has 33 heavy (non-hydrogen) atoms. The van der Waals surface area contributed by atoms with Crippen molar-refractivity contribution >= 4 is 33.8 Å². The number of hydrogen-bond acceptors (Lipinski definition) is 7. The number of carbonyl (C=O) groups excluding carboxylic acids is 1. The van der Waals surface area contributed by atoms with E-state index in [2.05, 4.69) is 46.5 Å². The topological polar surface area (TPSA) is 83.9 Å². The van der Waals surface area contributed by atoms with Crippen LogP contribution in [-0.2, 0) is 0 Å². The molecule has 5 rings (SSSR count). The van der Waals surface area contributed by atoms with Crippen LogP contribution in [0.3, 0.4) is 0 Å². The number of fused-ring (bicyclic) bond motifs is 1. The van der Waals surface area contributed by atoms with Crippen molar-refractivity contribution in [1.29, 1.82) is 0 Å². The predicted molar refractivity (Wildman–Crippen MR) is 132 cm³/mol. The third-order valence-electron chi connectivity index (χ3n) is 6.02. The lowest BCUT2D eigenvalue weighted by atomic mass is 10.00. The number of rotatable bonds is 4. The molecule has 1 aliphatic heterocycles. The van der Waals surface area contributed by atoms with Gasteiger partial charge in [0.25, 0.3) is 5.91 Å². The number of pyridine rings is 2. The van der Waals surface area contributed by atoms with Crippen molar-refractivity contribution in [3.05, 3.63) is 64.4 Å². The highest BCUT2D eigenvalue weighted by atomic mass is 32.1. The summed E-state index contributed by atoms with van der Waals surface area (Å²) in [6.45, 7) is 7.80. The van der Waals surface area contributed by atoms with Crippen LogP contribution in [0.15, 0.2) is 42.7 Å². The van der Waals surface area contributed by atoms with Gasteiger partial charge in [-0.3, -0.25) is 14.7 Å². The van der Waals surface area contributed by atoms with Crippen molar-refractivity contribution in [1.82, 2.24) is 25.5 Å². The third-order valence-corrected chi connectivity index (χ3v) is 6.88. The summed E-state index contributed by atoms with van der Waals surface area (Å²) in [5, 5.41) is 15.4. The zero-order valence-corrected chi connectivity index (χ0v) is 19.8. The van der Waals surface area contributed by atoms with E-state index in [4.69, 9.17) is 4.98 Å². The number of benzene rings is 1. The van der Waals surface area contributed by atoms with Gasteiger partial charge in [0.2, 0.25) is 0 Å². The number of aryl methyl sites for hydroxylation is 3. The van der Waals surface area contributed by atoms with Crippen molar-refractivity contribution in [2.45, 2.75) is 39.7 Å². The average Bonchev–Trinajstić information content (AvgIpc) is 3.26. The van der Waals surface area contributed by atoms with Crippen LogP contribution in [0.25, 0.3) is 21.5 Å². The minimum Gasteiger partial charge on any atom is -0.315 e. The summed E-state index contributed by atoms with van der Waals surface area (Å²) in [4.78, 5) is 25.0. The molecule has 1 fully saturated rings. The van der Waals surface area contributed by atoms with Gasteiger partial charge < -0.3 is 5.32 Å². The highest BCUT2D eigenvalue weighted by Crippen LogP contribution is 2.32. The number of carbonyl (C=O) groups is 1. The zero-order valence-electron chi connectivity index (χ0n) is 19.0. The highest BCUT2D eigenvalue weighted by molar-refractivity contribution is 7.14. The number of piperidine rings is 1. The van der Waals surface area contributed by atoms with Crippen LogP contribution in [0.5, 0.6) is 0 Å². The summed E-state index contributed by atoms with van der Waals surface area (Å²) in [7, 11) is 0. The fourth-order valence-corrected chi connectivity index (χ4v) is 5.22. The first-order valence-corrected chi connectivity index (χ1v) is 12.0. The van der Waals surface area contributed by atoms with E-state index < -0.39 is 0 Å². The van der Waals surface area contributed by atoms with E-state index in [1.54, 1.807) is 12.4 Å². The summed E-state index contributed by atoms with van der Waals surface area (Å²) >= 11 is 1.49. The molecule has 0 radical (unpaired) electrons. The van der Waals surface area contributed by atoms with Gasteiger partial charge in [0.1, 0.15) is 16.5 Å². The molecule has 1 aliphatic rings. The van der Waals surface area contributed by atoms with Gasteiger partial charge in [-0.25, -0.2) is 4.98 Å². The van der Waals surface area contributed by atoms with Crippen LogP contribution in [0.1, 0.15) is 39.3 Å². The molecule has 168 valence electrons. The van der Waals surface area contributed by atoms with Gasteiger partial charge in [-0.2, -0.15) is 0 Å². The highest BCUT2D eigenvalue weighted by Gasteiger charge is 2.30. The molecule has 8 heteroatoms. The molecule has 7 nitrogen and oxygen atoms in total. The first kappa shape index (κ1) is 21.6. The third kappa shape index (κ3) is 4.24. The van der Waals surface area contributed by atoms with Crippen molar-refractivity contribution in [2.75, 3.05) is 18.0 Å². The van der Waals surface area contributed by atoms with E-state index >= 15 is 0 Å². The molecule has 1 saturated heterocycles. The second-order valence-electron chi connectivity index (χ2n) is 8.55. The van der Waals surface area contributed by atoms with Crippen LogP contribution in [0.2, 0.25) is 0 Å². The first-order chi connectivity index (χ1) is 16.0. The molecule has 0 aliphatic carbocycles. The Morgan fingerprint density at radius 3 is 2.70 bits per heavy atom. The fraction of sp³-hybridized carbons (Fsp3) is 0.320. The minimum absolute atomic E-state index is 0.0236. The molecule has 0 saturated carbocycles. The smallest absolute Gasteiger partial charge is 0.261 e. The number of nitrogens with one attached hydrogen (secondary N) is 1. The van der Waals surface area contributed by atoms with Gasteiger partial charge >= 0.3 is 0 Å². The van der Waals surface area contributed by atoms with E-state index in [0.717, 1.165) is 58.0 Å². The van der Waals surface area contributed by atoms with E-state index in [9.17, 15) is 4.79 Å². The standard InChI is InChI=1S/C25H26N6OS/c1-15-11-16(2)22-18(12-15)8-10-27-23(22)31(20-5-4-9-26-14-20)25(32)19-6-7-21(28-13-19)24-30-29-17(3)33-24/h6-8,10-13,20,26H,4-5,9,14H2,1-3H3. The number of anilines is 1. The number of nitrogens with zero attached hydrogens (tertiary/aromatic N) is 5. The summed E-state index contributed by atoms with van der Waals surface area (Å²) in [6.07, 6.45) is 5.38. The quantitative estimate of drug-likeness (QED) is 0.486. The second kappa shape index (κ2) is 8.96. The molecule has 1 N–H and O–H groups in total. The van der Waals surface area contributed by atoms with Crippen LogP contribution < -0.4 is 10.2 Å². The van der Waals surface area contributed by atoms with Crippen molar-refractivity contribution < 1.29 is 4.79 Å². The van der Waals surface area contributed by atoms with E-state index in [1.807, 2.05) is 30.0 Å². The monoisotopic (exact) mass is 458 g/mol. The maximum absolute atomic E-state index is 13.9. The molecule has 1 aromatic carbocycles. The molecule has 1 atom stereocenters. The van der Waals surface area contributed by atoms with Gasteiger partial charge in [-0.05, 0) is 69.3 Å². The Morgan fingerprint density at radius 2 is 2.00 bits per heavy atom. The largest absolute Gasteiger partial charge is 0.315 e. The Balaban J connectivity index is 1.58. The molecule has 4 heterocycles. The Hall–Kier alpha value is -3.23. The summed E-state index contributed by atoms with van der Waals surface area (Å²) < 4.78 is 0. The van der Waals surface area contributed by atoms with Gasteiger partial charge in [0.05, 0.1) is 11.6 Å². The molecule has 4 aromatic rings. The summed E-state index contributed by atoms with van der Waals surface area (Å²) in [6, 6.07) is 10.0. The number of aromatic nitrogens is 4. The van der Waals surface area contributed by atoms with Crippen LogP contribution >= 0.6 is 11.3 Å². The zero-order chi connectivity index (χ0) is 22.9. The second-order valence-corrected chi connectivity index (χ2v) is 9.73. The molecule has 0 bridgehead atoms. The lowest BCUT2D eigenvalue weighted by Crippen LogP contribution is -2.49. The predicted octanol–water partition coefficient (Wildman–Crippen LogP) is 4.47. The van der Waals surface area contributed by atoms with Crippen LogP contribution in [0, 0.1) is 20.8 Å².